The number of carbonyl (C=O) groups excluding carboxylic acids is 1. The first-order chi connectivity index (χ1) is 13.9. The van der Waals surface area contributed by atoms with Gasteiger partial charge in [-0.15, -0.1) is 11.3 Å². The summed E-state index contributed by atoms with van der Waals surface area (Å²) >= 11 is 1.64. The molecule has 3 rings (SSSR count). The summed E-state index contributed by atoms with van der Waals surface area (Å²) < 4.78 is 32.3. The van der Waals surface area contributed by atoms with Crippen molar-refractivity contribution < 1.29 is 17.6 Å². The van der Waals surface area contributed by atoms with E-state index >= 15 is 0 Å². The van der Waals surface area contributed by atoms with E-state index in [1.165, 1.54) is 35.4 Å². The highest BCUT2D eigenvalue weighted by Crippen LogP contribution is 2.22. The molecule has 1 amide bonds. The minimum absolute atomic E-state index is 0.0617. The molecule has 29 heavy (non-hydrogen) atoms. The number of furan rings is 1. The van der Waals surface area contributed by atoms with Crippen molar-refractivity contribution in [2.45, 2.75) is 17.5 Å². The first kappa shape index (κ1) is 21.3. The minimum atomic E-state index is -3.69. The quantitative estimate of drug-likeness (QED) is 0.541. The zero-order chi connectivity index (χ0) is 20.9. The Balaban J connectivity index is 1.60. The number of thiophene rings is 1. The third-order valence-electron chi connectivity index (χ3n) is 4.39. The summed E-state index contributed by atoms with van der Waals surface area (Å²) in [4.78, 5) is 15.8. The molecule has 1 atom stereocenters. The number of benzene rings is 1. The Morgan fingerprint density at radius 1 is 1.14 bits per heavy atom. The van der Waals surface area contributed by atoms with E-state index in [0.29, 0.717) is 17.9 Å². The molecule has 9 heteroatoms. The summed E-state index contributed by atoms with van der Waals surface area (Å²) in [7, 11) is 0.236. The molecule has 0 aliphatic heterocycles. The van der Waals surface area contributed by atoms with E-state index in [0.717, 1.165) is 0 Å². The fraction of sp³-hybridized carbons (Fsp3) is 0.250. The Morgan fingerprint density at radius 3 is 2.48 bits per heavy atom. The number of hydrogen-bond donors (Lipinski definition) is 2. The summed E-state index contributed by atoms with van der Waals surface area (Å²) in [6.07, 6.45) is 1.48. The van der Waals surface area contributed by atoms with Crippen LogP contribution in [0.5, 0.6) is 0 Å². The lowest BCUT2D eigenvalue weighted by Crippen LogP contribution is -2.34. The van der Waals surface area contributed by atoms with Crippen LogP contribution in [0.2, 0.25) is 0 Å². The van der Waals surface area contributed by atoms with Gasteiger partial charge in [0.2, 0.25) is 10.0 Å². The third kappa shape index (κ3) is 5.54. The van der Waals surface area contributed by atoms with Gasteiger partial charge in [-0.25, -0.2) is 13.1 Å². The fourth-order valence-electron chi connectivity index (χ4n) is 2.76. The Labute approximate surface area is 174 Å². The van der Waals surface area contributed by atoms with Crippen LogP contribution in [0.4, 0.5) is 0 Å². The van der Waals surface area contributed by atoms with Crippen LogP contribution in [0.15, 0.2) is 69.5 Å². The predicted octanol–water partition coefficient (Wildman–Crippen LogP) is 2.85. The summed E-state index contributed by atoms with van der Waals surface area (Å²) in [6.45, 7) is 0.517. The Morgan fingerprint density at radius 2 is 1.90 bits per heavy atom. The number of hydrogen-bond acceptors (Lipinski definition) is 6. The van der Waals surface area contributed by atoms with E-state index < -0.39 is 10.0 Å². The van der Waals surface area contributed by atoms with Crippen LogP contribution in [0.25, 0.3) is 0 Å². The number of nitrogens with one attached hydrogen (secondary N) is 2. The van der Waals surface area contributed by atoms with Gasteiger partial charge in [0.05, 0.1) is 23.7 Å². The number of sulfonamides is 1. The van der Waals surface area contributed by atoms with Crippen molar-refractivity contribution >= 4 is 27.3 Å². The van der Waals surface area contributed by atoms with Crippen molar-refractivity contribution in [2.75, 3.05) is 20.6 Å². The van der Waals surface area contributed by atoms with E-state index in [1.54, 1.807) is 23.5 Å². The van der Waals surface area contributed by atoms with Crippen molar-refractivity contribution in [3.63, 3.8) is 0 Å². The monoisotopic (exact) mass is 433 g/mol. The number of likely N-dealkylation sites (N-methyl/N-ethyl adjacent to an activating group) is 1. The van der Waals surface area contributed by atoms with Gasteiger partial charge in [0.15, 0.2) is 0 Å². The summed E-state index contributed by atoms with van der Waals surface area (Å²) in [5, 5.41) is 4.93. The molecule has 0 bridgehead atoms. The highest BCUT2D eigenvalue weighted by atomic mass is 32.2. The molecule has 0 saturated heterocycles. The summed E-state index contributed by atoms with van der Waals surface area (Å²) in [5.41, 5.74) is 0.402. The van der Waals surface area contributed by atoms with E-state index in [-0.39, 0.29) is 23.4 Å². The molecule has 0 spiro atoms. The maximum atomic E-state index is 12.5. The molecule has 154 valence electrons. The highest BCUT2D eigenvalue weighted by molar-refractivity contribution is 7.89. The molecular weight excluding hydrogens is 410 g/mol. The number of nitrogens with zero attached hydrogens (tertiary/aromatic N) is 1. The largest absolute Gasteiger partial charge is 0.468 e. The van der Waals surface area contributed by atoms with Crippen LogP contribution in [-0.4, -0.2) is 39.9 Å². The molecule has 7 nitrogen and oxygen atoms in total. The standard InChI is InChI=1S/C20H23N3O4S2/c1-23(2)18(19-6-4-12-28-19)14-21-20(24)15-7-9-17(10-8-15)29(25,26)22-13-16-5-3-11-27-16/h3-12,18,22H,13-14H2,1-2H3,(H,21,24)/t18-/m0/s1. The average molecular weight is 434 g/mol. The molecule has 1 aromatic carbocycles. The Kier molecular flexibility index (Phi) is 6.86. The molecule has 0 unspecified atom stereocenters. The van der Waals surface area contributed by atoms with Crippen molar-refractivity contribution in [1.82, 2.24) is 14.9 Å². The van der Waals surface area contributed by atoms with E-state index in [4.69, 9.17) is 4.42 Å². The molecule has 0 aliphatic carbocycles. The second-order valence-electron chi connectivity index (χ2n) is 6.63. The minimum Gasteiger partial charge on any atom is -0.468 e. The maximum Gasteiger partial charge on any atom is 0.251 e. The smallest absolute Gasteiger partial charge is 0.251 e. The number of amides is 1. The maximum absolute atomic E-state index is 12.5. The zero-order valence-corrected chi connectivity index (χ0v) is 17.8. The first-order valence-electron chi connectivity index (χ1n) is 8.97. The second-order valence-corrected chi connectivity index (χ2v) is 9.38. The van der Waals surface area contributed by atoms with Crippen LogP contribution in [0.1, 0.15) is 27.0 Å². The predicted molar refractivity (Wildman–Crippen MR) is 112 cm³/mol. The second kappa shape index (κ2) is 9.36. The number of rotatable bonds is 9. The molecule has 0 aliphatic rings. The average Bonchev–Trinajstić information content (AvgIpc) is 3.40. The number of carbonyl (C=O) groups is 1. The lowest BCUT2D eigenvalue weighted by Gasteiger charge is -2.23. The highest BCUT2D eigenvalue weighted by Gasteiger charge is 2.18. The third-order valence-corrected chi connectivity index (χ3v) is 6.78. The summed E-state index contributed by atoms with van der Waals surface area (Å²) in [5.74, 6) is 0.270. The van der Waals surface area contributed by atoms with Crippen LogP contribution >= 0.6 is 11.3 Å². The lowest BCUT2D eigenvalue weighted by molar-refractivity contribution is 0.0942. The van der Waals surface area contributed by atoms with Crippen LogP contribution in [0, 0.1) is 0 Å². The van der Waals surface area contributed by atoms with Gasteiger partial charge in [0, 0.05) is 17.0 Å². The molecule has 2 N–H and O–H groups in total. The Hall–Kier alpha value is -2.46. The van der Waals surface area contributed by atoms with Crippen LogP contribution in [-0.2, 0) is 16.6 Å². The van der Waals surface area contributed by atoms with Crippen LogP contribution < -0.4 is 10.0 Å². The molecule has 2 heterocycles. The van der Waals surface area contributed by atoms with Gasteiger partial charge in [-0.3, -0.25) is 4.79 Å². The van der Waals surface area contributed by atoms with Gasteiger partial charge in [0.25, 0.3) is 5.91 Å². The summed E-state index contributed by atoms with van der Waals surface area (Å²) in [6, 6.07) is 13.3. The Bertz CT molecular complexity index is 1010. The SMILES string of the molecule is CN(C)[C@@H](CNC(=O)c1ccc(S(=O)(=O)NCc2ccco2)cc1)c1cccs1. The molecule has 0 saturated carbocycles. The normalized spacial score (nSPS) is 12.8. The molecular formula is C20H23N3O4S2. The molecule has 0 radical (unpaired) electrons. The first-order valence-corrected chi connectivity index (χ1v) is 11.3. The topological polar surface area (TPSA) is 91.7 Å². The van der Waals surface area contributed by atoms with Gasteiger partial charge in [-0.1, -0.05) is 6.07 Å². The molecule has 0 fully saturated rings. The van der Waals surface area contributed by atoms with Gasteiger partial charge in [-0.2, -0.15) is 0 Å². The fourth-order valence-corrected chi connectivity index (χ4v) is 4.67. The van der Waals surface area contributed by atoms with Gasteiger partial charge < -0.3 is 14.6 Å². The van der Waals surface area contributed by atoms with Crippen molar-refractivity contribution in [3.8, 4) is 0 Å². The zero-order valence-electron chi connectivity index (χ0n) is 16.2. The molecule has 3 aromatic rings. The molecule has 2 aromatic heterocycles. The van der Waals surface area contributed by atoms with E-state index in [1.807, 2.05) is 36.5 Å². The van der Waals surface area contributed by atoms with Crippen LogP contribution in [0.3, 0.4) is 0 Å². The lowest BCUT2D eigenvalue weighted by atomic mass is 10.2. The van der Waals surface area contributed by atoms with E-state index in [9.17, 15) is 13.2 Å². The van der Waals surface area contributed by atoms with Crippen molar-refractivity contribution in [2.24, 2.45) is 0 Å². The van der Waals surface area contributed by atoms with Crippen molar-refractivity contribution in [3.05, 3.63) is 76.4 Å². The van der Waals surface area contributed by atoms with Crippen molar-refractivity contribution in [1.29, 1.82) is 0 Å². The van der Waals surface area contributed by atoms with E-state index in [2.05, 4.69) is 10.0 Å². The van der Waals surface area contributed by atoms with Gasteiger partial charge >= 0.3 is 0 Å². The van der Waals surface area contributed by atoms with Gasteiger partial charge in [-0.05, 0) is 61.9 Å². The van der Waals surface area contributed by atoms with Gasteiger partial charge in [0.1, 0.15) is 5.76 Å².